The molecule has 0 fully saturated rings. The quantitative estimate of drug-likeness (QED) is 0.792. The van der Waals surface area contributed by atoms with E-state index in [0.29, 0.717) is 6.42 Å². The number of primary amides is 1. The maximum absolute atomic E-state index is 13.3. The van der Waals surface area contributed by atoms with Crippen molar-refractivity contribution in [3.05, 3.63) is 29.8 Å². The maximum atomic E-state index is 13.3. The first kappa shape index (κ1) is 15.4. The first-order valence-corrected chi connectivity index (χ1v) is 6.03. The highest BCUT2D eigenvalue weighted by molar-refractivity contribution is 5.79. The van der Waals surface area contributed by atoms with Crippen LogP contribution in [-0.2, 0) is 4.79 Å². The summed E-state index contributed by atoms with van der Waals surface area (Å²) in [5, 5.41) is 2.98. The molecule has 106 valence electrons. The van der Waals surface area contributed by atoms with Crippen molar-refractivity contribution in [3.63, 3.8) is 0 Å². The van der Waals surface area contributed by atoms with Crippen LogP contribution in [-0.4, -0.2) is 24.6 Å². The van der Waals surface area contributed by atoms with Gasteiger partial charge in [-0.25, -0.2) is 8.78 Å². The van der Waals surface area contributed by atoms with Crippen LogP contribution in [0.3, 0.4) is 0 Å². The Balaban J connectivity index is 2.49. The van der Waals surface area contributed by atoms with Gasteiger partial charge in [-0.15, -0.1) is 0 Å². The lowest BCUT2D eigenvalue weighted by Crippen LogP contribution is -2.45. The van der Waals surface area contributed by atoms with E-state index in [1.807, 2.05) is 13.8 Å². The van der Waals surface area contributed by atoms with Crippen molar-refractivity contribution in [1.82, 2.24) is 5.32 Å². The Morgan fingerprint density at radius 3 is 2.63 bits per heavy atom. The molecule has 1 aromatic carbocycles. The SMILES string of the molecule is CC(C)NC(CCOc1ccc(F)cc1F)C(N)=O. The van der Waals surface area contributed by atoms with E-state index < -0.39 is 23.6 Å². The maximum Gasteiger partial charge on any atom is 0.234 e. The molecule has 0 saturated heterocycles. The largest absolute Gasteiger partial charge is 0.490 e. The molecule has 0 aromatic heterocycles. The molecule has 1 rings (SSSR count). The molecule has 0 spiro atoms. The number of ether oxygens (including phenoxy) is 1. The summed E-state index contributed by atoms with van der Waals surface area (Å²) in [6.45, 7) is 3.88. The summed E-state index contributed by atoms with van der Waals surface area (Å²) >= 11 is 0. The zero-order valence-electron chi connectivity index (χ0n) is 11.0. The van der Waals surface area contributed by atoms with Gasteiger partial charge in [0.25, 0.3) is 0 Å². The standard InChI is InChI=1S/C13H18F2N2O2/c1-8(2)17-11(13(16)18)5-6-19-12-4-3-9(14)7-10(12)15/h3-4,7-8,11,17H,5-6H2,1-2H3,(H2,16,18). The second kappa shape index (κ2) is 7.04. The van der Waals surface area contributed by atoms with E-state index in [2.05, 4.69) is 5.32 Å². The van der Waals surface area contributed by atoms with Crippen LogP contribution in [0.1, 0.15) is 20.3 Å². The summed E-state index contributed by atoms with van der Waals surface area (Å²) in [7, 11) is 0. The van der Waals surface area contributed by atoms with Gasteiger partial charge in [0.2, 0.25) is 5.91 Å². The highest BCUT2D eigenvalue weighted by atomic mass is 19.1. The number of nitrogens with two attached hydrogens (primary N) is 1. The molecule has 19 heavy (non-hydrogen) atoms. The van der Waals surface area contributed by atoms with Crippen LogP contribution in [0, 0.1) is 11.6 Å². The van der Waals surface area contributed by atoms with E-state index in [1.165, 1.54) is 6.07 Å². The van der Waals surface area contributed by atoms with Gasteiger partial charge in [-0.05, 0) is 12.1 Å². The molecule has 1 aromatic rings. The Bertz CT molecular complexity index is 439. The van der Waals surface area contributed by atoms with Gasteiger partial charge in [0, 0.05) is 18.5 Å². The second-order valence-electron chi connectivity index (χ2n) is 4.49. The minimum absolute atomic E-state index is 0.0471. The lowest BCUT2D eigenvalue weighted by atomic mass is 10.2. The van der Waals surface area contributed by atoms with Gasteiger partial charge in [0.1, 0.15) is 5.82 Å². The summed E-state index contributed by atoms with van der Waals surface area (Å²) in [6.07, 6.45) is 0.310. The van der Waals surface area contributed by atoms with Gasteiger partial charge in [0.15, 0.2) is 11.6 Å². The Hall–Kier alpha value is -1.69. The second-order valence-corrected chi connectivity index (χ2v) is 4.49. The Morgan fingerprint density at radius 2 is 2.11 bits per heavy atom. The molecule has 4 nitrogen and oxygen atoms in total. The lowest BCUT2D eigenvalue weighted by molar-refractivity contribution is -0.120. The predicted octanol–water partition coefficient (Wildman–Crippen LogP) is 1.59. The molecule has 0 radical (unpaired) electrons. The van der Waals surface area contributed by atoms with E-state index >= 15 is 0 Å². The molecule has 0 aliphatic rings. The molecule has 0 aliphatic heterocycles. The number of benzene rings is 1. The number of carbonyl (C=O) groups is 1. The number of hydrogen-bond donors (Lipinski definition) is 2. The number of nitrogens with one attached hydrogen (secondary N) is 1. The normalized spacial score (nSPS) is 12.5. The van der Waals surface area contributed by atoms with E-state index in [0.717, 1.165) is 12.1 Å². The third kappa shape index (κ3) is 5.21. The molecule has 6 heteroatoms. The average molecular weight is 272 g/mol. The summed E-state index contributed by atoms with van der Waals surface area (Å²) in [4.78, 5) is 11.2. The molecule has 1 unspecified atom stereocenters. The number of carbonyl (C=O) groups excluding carboxylic acids is 1. The number of halogens is 2. The van der Waals surface area contributed by atoms with Crippen molar-refractivity contribution >= 4 is 5.91 Å². The topological polar surface area (TPSA) is 64.3 Å². The molecule has 3 N–H and O–H groups in total. The van der Waals surface area contributed by atoms with Crippen molar-refractivity contribution in [2.24, 2.45) is 5.73 Å². The molecule has 0 saturated carbocycles. The zero-order valence-corrected chi connectivity index (χ0v) is 11.0. The Labute approximate surface area is 110 Å². The van der Waals surface area contributed by atoms with Gasteiger partial charge < -0.3 is 15.8 Å². The van der Waals surface area contributed by atoms with E-state index in [4.69, 9.17) is 10.5 Å². The third-order valence-electron chi connectivity index (χ3n) is 2.44. The highest BCUT2D eigenvalue weighted by Crippen LogP contribution is 2.17. The van der Waals surface area contributed by atoms with Gasteiger partial charge in [-0.3, -0.25) is 4.79 Å². The molecule has 0 heterocycles. The van der Waals surface area contributed by atoms with E-state index in [1.54, 1.807) is 0 Å². The van der Waals surface area contributed by atoms with Crippen molar-refractivity contribution < 1.29 is 18.3 Å². The van der Waals surface area contributed by atoms with Crippen molar-refractivity contribution in [1.29, 1.82) is 0 Å². The first-order chi connectivity index (χ1) is 8.90. The summed E-state index contributed by atoms with van der Waals surface area (Å²) in [5.74, 6) is -1.97. The molecule has 0 aliphatic carbocycles. The minimum atomic E-state index is -0.771. The lowest BCUT2D eigenvalue weighted by Gasteiger charge is -2.18. The fraction of sp³-hybridized carbons (Fsp3) is 0.462. The number of amides is 1. The fourth-order valence-corrected chi connectivity index (χ4v) is 1.59. The van der Waals surface area contributed by atoms with Gasteiger partial charge in [-0.2, -0.15) is 0 Å². The average Bonchev–Trinajstić information content (AvgIpc) is 2.29. The smallest absolute Gasteiger partial charge is 0.234 e. The summed E-state index contributed by atoms with van der Waals surface area (Å²) in [5.41, 5.74) is 5.23. The number of rotatable bonds is 7. The molecular weight excluding hydrogens is 254 g/mol. The van der Waals surface area contributed by atoms with Crippen LogP contribution in [0.4, 0.5) is 8.78 Å². The van der Waals surface area contributed by atoms with Crippen LogP contribution in [0.25, 0.3) is 0 Å². The van der Waals surface area contributed by atoms with Crippen molar-refractivity contribution in [2.45, 2.75) is 32.4 Å². The fourth-order valence-electron chi connectivity index (χ4n) is 1.59. The summed E-state index contributed by atoms with van der Waals surface area (Å²) in [6, 6.07) is 2.62. The highest BCUT2D eigenvalue weighted by Gasteiger charge is 2.16. The van der Waals surface area contributed by atoms with Crippen LogP contribution < -0.4 is 15.8 Å². The van der Waals surface area contributed by atoms with Gasteiger partial charge >= 0.3 is 0 Å². The monoisotopic (exact) mass is 272 g/mol. The van der Waals surface area contributed by atoms with Crippen LogP contribution >= 0.6 is 0 Å². The number of hydrogen-bond acceptors (Lipinski definition) is 3. The van der Waals surface area contributed by atoms with Crippen LogP contribution in [0.2, 0.25) is 0 Å². The predicted molar refractivity (Wildman–Crippen MR) is 67.7 cm³/mol. The van der Waals surface area contributed by atoms with Crippen molar-refractivity contribution in [2.75, 3.05) is 6.61 Å². The molecule has 1 amide bonds. The van der Waals surface area contributed by atoms with Crippen LogP contribution in [0.15, 0.2) is 18.2 Å². The Kier molecular flexibility index (Phi) is 5.69. The Morgan fingerprint density at radius 1 is 1.42 bits per heavy atom. The third-order valence-corrected chi connectivity index (χ3v) is 2.44. The zero-order chi connectivity index (χ0) is 14.4. The summed E-state index contributed by atoms with van der Waals surface area (Å²) < 4.78 is 31.1. The first-order valence-electron chi connectivity index (χ1n) is 6.03. The van der Waals surface area contributed by atoms with Crippen LogP contribution in [0.5, 0.6) is 5.75 Å². The molecule has 1 atom stereocenters. The van der Waals surface area contributed by atoms with Crippen molar-refractivity contribution in [3.8, 4) is 5.75 Å². The van der Waals surface area contributed by atoms with E-state index in [-0.39, 0.29) is 18.4 Å². The molecule has 0 bridgehead atoms. The van der Waals surface area contributed by atoms with E-state index in [9.17, 15) is 13.6 Å². The minimum Gasteiger partial charge on any atom is -0.490 e. The molecular formula is C13H18F2N2O2. The van der Waals surface area contributed by atoms with Gasteiger partial charge in [0.05, 0.1) is 12.6 Å². The van der Waals surface area contributed by atoms with Gasteiger partial charge in [-0.1, -0.05) is 13.8 Å².